The number of sulfonamides is 1. The van der Waals surface area contributed by atoms with Crippen LogP contribution in [0.5, 0.6) is 17.2 Å². The first-order valence-electron chi connectivity index (χ1n) is 13.4. The van der Waals surface area contributed by atoms with Crippen LogP contribution < -0.4 is 23.8 Å². The van der Waals surface area contributed by atoms with E-state index in [2.05, 4.69) is 5.32 Å². The maximum atomic E-state index is 14.2. The van der Waals surface area contributed by atoms with Gasteiger partial charge < -0.3 is 24.4 Å². The van der Waals surface area contributed by atoms with Crippen LogP contribution in [0.1, 0.15) is 25.8 Å². The lowest BCUT2D eigenvalue weighted by Gasteiger charge is -2.33. The average Bonchev–Trinajstić information content (AvgIpc) is 3.00. The number of amides is 2. The number of methoxy groups -OCH3 is 2. The van der Waals surface area contributed by atoms with E-state index in [0.717, 1.165) is 4.31 Å². The van der Waals surface area contributed by atoms with E-state index in [1.807, 2.05) is 6.92 Å². The molecular weight excluding hydrogens is 617 g/mol. The molecule has 0 aliphatic rings. The zero-order valence-corrected chi connectivity index (χ0v) is 26.9. The predicted molar refractivity (Wildman–Crippen MR) is 167 cm³/mol. The third-order valence-electron chi connectivity index (χ3n) is 6.65. The molecule has 13 heteroatoms. The minimum atomic E-state index is -4.34. The molecule has 0 aliphatic carbocycles. The number of nitrogens with zero attached hydrogens (tertiary/aromatic N) is 2. The lowest BCUT2D eigenvalue weighted by molar-refractivity contribution is -0.140. The third kappa shape index (κ3) is 8.04. The normalized spacial score (nSPS) is 11.8. The van der Waals surface area contributed by atoms with Gasteiger partial charge in [0, 0.05) is 29.7 Å². The van der Waals surface area contributed by atoms with Crippen molar-refractivity contribution < 1.29 is 32.2 Å². The van der Waals surface area contributed by atoms with E-state index in [0.29, 0.717) is 33.7 Å². The van der Waals surface area contributed by atoms with Gasteiger partial charge >= 0.3 is 0 Å². The second-order valence-corrected chi connectivity index (χ2v) is 12.0. The Morgan fingerprint density at radius 2 is 1.60 bits per heavy atom. The number of nitrogens with one attached hydrogen (secondary N) is 1. The molecule has 1 N–H and O–H groups in total. The summed E-state index contributed by atoms with van der Waals surface area (Å²) in [6.07, 6.45) is 0.266. The Bertz CT molecular complexity index is 1540. The number of rotatable bonds is 14. The molecule has 0 bridgehead atoms. The average molecular weight is 653 g/mol. The molecule has 10 nitrogen and oxygen atoms in total. The molecule has 2 amide bonds. The standard InChI is InChI=1S/C30H35Cl2N3O7S/c1-6-26(30(37)33-3)34(18-20-8-9-21(31)16-25(20)32)29(36)19-35(22-10-12-23(13-11-22)42-7-2)43(38,39)24-14-15-27(40-4)28(17-24)41-5/h8-17,26H,6-7,18-19H2,1-5H3,(H,33,37). The largest absolute Gasteiger partial charge is 0.494 e. The summed E-state index contributed by atoms with van der Waals surface area (Å²) in [6, 6.07) is 14.4. The van der Waals surface area contributed by atoms with E-state index < -0.39 is 34.4 Å². The maximum Gasteiger partial charge on any atom is 0.264 e. The minimum absolute atomic E-state index is 0.0612. The summed E-state index contributed by atoms with van der Waals surface area (Å²) in [6.45, 7) is 3.33. The molecule has 0 aromatic heterocycles. The van der Waals surface area contributed by atoms with Crippen molar-refractivity contribution >= 4 is 50.7 Å². The Morgan fingerprint density at radius 1 is 0.930 bits per heavy atom. The van der Waals surface area contributed by atoms with E-state index >= 15 is 0 Å². The Labute approximate surface area is 262 Å². The molecule has 0 heterocycles. The summed E-state index contributed by atoms with van der Waals surface area (Å²) < 4.78 is 45.4. The van der Waals surface area contributed by atoms with Gasteiger partial charge in [0.15, 0.2) is 11.5 Å². The Kier molecular flexibility index (Phi) is 11.9. The summed E-state index contributed by atoms with van der Waals surface area (Å²) in [5.74, 6) is 0.0418. The number of carbonyl (C=O) groups is 2. The van der Waals surface area contributed by atoms with Crippen LogP contribution in [0.4, 0.5) is 5.69 Å². The quantitative estimate of drug-likeness (QED) is 0.256. The first-order valence-corrected chi connectivity index (χ1v) is 15.6. The fourth-order valence-electron chi connectivity index (χ4n) is 4.43. The van der Waals surface area contributed by atoms with Gasteiger partial charge in [-0.25, -0.2) is 8.42 Å². The van der Waals surface area contributed by atoms with Crippen molar-refractivity contribution in [3.05, 3.63) is 76.3 Å². The van der Waals surface area contributed by atoms with Gasteiger partial charge in [0.25, 0.3) is 10.0 Å². The number of benzene rings is 3. The van der Waals surface area contributed by atoms with Gasteiger partial charge in [-0.05, 0) is 67.4 Å². The minimum Gasteiger partial charge on any atom is -0.494 e. The van der Waals surface area contributed by atoms with Gasteiger partial charge in [0.2, 0.25) is 11.8 Å². The second kappa shape index (κ2) is 15.2. The van der Waals surface area contributed by atoms with Gasteiger partial charge in [-0.15, -0.1) is 0 Å². The van der Waals surface area contributed by atoms with Crippen molar-refractivity contribution in [3.8, 4) is 17.2 Å². The lowest BCUT2D eigenvalue weighted by Crippen LogP contribution is -2.51. The molecule has 43 heavy (non-hydrogen) atoms. The van der Waals surface area contributed by atoms with Gasteiger partial charge in [-0.2, -0.15) is 0 Å². The van der Waals surface area contributed by atoms with Crippen molar-refractivity contribution in [1.29, 1.82) is 0 Å². The Balaban J connectivity index is 2.12. The van der Waals surface area contributed by atoms with Gasteiger partial charge in [-0.3, -0.25) is 13.9 Å². The van der Waals surface area contributed by atoms with Crippen LogP contribution in [0.3, 0.4) is 0 Å². The topological polar surface area (TPSA) is 114 Å². The number of anilines is 1. The molecule has 0 radical (unpaired) electrons. The molecule has 0 aliphatic heterocycles. The molecule has 1 atom stereocenters. The van der Waals surface area contributed by atoms with Crippen LogP contribution in [0.2, 0.25) is 10.0 Å². The molecule has 0 saturated heterocycles. The second-order valence-electron chi connectivity index (χ2n) is 9.25. The first-order chi connectivity index (χ1) is 20.5. The maximum absolute atomic E-state index is 14.2. The molecule has 0 saturated carbocycles. The predicted octanol–water partition coefficient (Wildman–Crippen LogP) is 5.16. The number of halogens is 2. The SMILES string of the molecule is CCOc1ccc(N(CC(=O)N(Cc2ccc(Cl)cc2Cl)C(CC)C(=O)NC)S(=O)(=O)c2ccc(OC)c(OC)c2)cc1. The van der Waals surface area contributed by atoms with Crippen molar-refractivity contribution in [2.45, 2.75) is 37.8 Å². The van der Waals surface area contributed by atoms with Gasteiger partial charge in [-0.1, -0.05) is 36.2 Å². The van der Waals surface area contributed by atoms with Crippen LogP contribution in [0, 0.1) is 0 Å². The summed E-state index contributed by atoms with van der Waals surface area (Å²) in [5.41, 5.74) is 0.751. The molecule has 0 spiro atoms. The van der Waals surface area contributed by atoms with E-state index in [-0.39, 0.29) is 29.3 Å². The van der Waals surface area contributed by atoms with Crippen LogP contribution in [0.25, 0.3) is 0 Å². The van der Waals surface area contributed by atoms with Crippen molar-refractivity contribution in [2.24, 2.45) is 0 Å². The highest BCUT2D eigenvalue weighted by Crippen LogP contribution is 2.33. The molecule has 232 valence electrons. The summed E-state index contributed by atoms with van der Waals surface area (Å²) in [7, 11) is -0.0421. The first kappa shape index (κ1) is 33.8. The van der Waals surface area contributed by atoms with Crippen LogP contribution in [-0.4, -0.2) is 65.6 Å². The fourth-order valence-corrected chi connectivity index (χ4v) is 6.33. The van der Waals surface area contributed by atoms with Crippen LogP contribution in [-0.2, 0) is 26.2 Å². The highest BCUT2D eigenvalue weighted by molar-refractivity contribution is 7.92. The molecule has 3 rings (SSSR count). The van der Waals surface area contributed by atoms with Crippen LogP contribution in [0.15, 0.2) is 65.6 Å². The lowest BCUT2D eigenvalue weighted by atomic mass is 10.1. The Morgan fingerprint density at radius 3 is 2.16 bits per heavy atom. The Hall–Kier alpha value is -3.67. The monoisotopic (exact) mass is 651 g/mol. The summed E-state index contributed by atoms with van der Waals surface area (Å²) in [5, 5.41) is 3.30. The number of hydrogen-bond acceptors (Lipinski definition) is 7. The summed E-state index contributed by atoms with van der Waals surface area (Å²) >= 11 is 12.5. The van der Waals surface area contributed by atoms with Gasteiger partial charge in [0.05, 0.1) is 31.4 Å². The fraction of sp³-hybridized carbons (Fsp3) is 0.333. The van der Waals surface area contributed by atoms with E-state index in [1.54, 1.807) is 43.3 Å². The smallest absolute Gasteiger partial charge is 0.264 e. The molecular formula is C30H35Cl2N3O7S. The zero-order chi connectivity index (χ0) is 31.7. The third-order valence-corrected chi connectivity index (χ3v) is 9.00. The van der Waals surface area contributed by atoms with E-state index in [9.17, 15) is 18.0 Å². The molecule has 1 unspecified atom stereocenters. The molecule has 0 fully saturated rings. The van der Waals surface area contributed by atoms with Crippen LogP contribution >= 0.6 is 23.2 Å². The number of hydrogen-bond donors (Lipinski definition) is 1. The highest BCUT2D eigenvalue weighted by Gasteiger charge is 2.34. The zero-order valence-electron chi connectivity index (χ0n) is 24.6. The number of ether oxygens (including phenoxy) is 3. The van der Waals surface area contributed by atoms with E-state index in [1.165, 1.54) is 50.4 Å². The number of likely N-dealkylation sites (N-methyl/N-ethyl adjacent to an activating group) is 1. The van der Waals surface area contributed by atoms with Gasteiger partial charge in [0.1, 0.15) is 18.3 Å². The van der Waals surface area contributed by atoms with E-state index in [4.69, 9.17) is 37.4 Å². The highest BCUT2D eigenvalue weighted by atomic mass is 35.5. The van der Waals surface area contributed by atoms with Crippen molar-refractivity contribution in [2.75, 3.05) is 38.7 Å². The van der Waals surface area contributed by atoms with Crippen molar-refractivity contribution in [3.63, 3.8) is 0 Å². The summed E-state index contributed by atoms with van der Waals surface area (Å²) in [4.78, 5) is 28.2. The molecule has 3 aromatic carbocycles. The molecule has 3 aromatic rings. The number of carbonyl (C=O) groups excluding carboxylic acids is 2. The van der Waals surface area contributed by atoms with Crippen molar-refractivity contribution in [1.82, 2.24) is 10.2 Å².